The molecule has 102 valence electrons. The topological polar surface area (TPSA) is 12.0 Å². The molecule has 0 radical (unpaired) electrons. The molecular weight excluding hydrogens is 290 g/mol. The van der Waals surface area contributed by atoms with E-state index in [-0.39, 0.29) is 0 Å². The molecule has 3 rings (SSSR count). The predicted octanol–water partition coefficient (Wildman–Crippen LogP) is 4.77. The molecular formula is C15H19NS3. The van der Waals surface area contributed by atoms with Crippen LogP contribution in [0.3, 0.4) is 0 Å². The summed E-state index contributed by atoms with van der Waals surface area (Å²) in [6.07, 6.45) is 6.23. The van der Waals surface area contributed by atoms with Crippen molar-refractivity contribution >= 4 is 34.4 Å². The Bertz CT molecular complexity index is 443. The van der Waals surface area contributed by atoms with Crippen LogP contribution >= 0.6 is 34.4 Å². The number of thioether (sulfide) groups is 1. The number of rotatable bonds is 5. The molecule has 1 aliphatic rings. The van der Waals surface area contributed by atoms with Gasteiger partial charge in [-0.1, -0.05) is 12.1 Å². The summed E-state index contributed by atoms with van der Waals surface area (Å²) in [7, 11) is 0. The van der Waals surface area contributed by atoms with Gasteiger partial charge in [-0.05, 0) is 48.4 Å². The lowest BCUT2D eigenvalue weighted by atomic mass is 10.1. The molecule has 19 heavy (non-hydrogen) atoms. The Morgan fingerprint density at radius 2 is 1.84 bits per heavy atom. The zero-order chi connectivity index (χ0) is 13.1. The van der Waals surface area contributed by atoms with Crippen LogP contribution in [0, 0.1) is 0 Å². The fourth-order valence-electron chi connectivity index (χ4n) is 2.76. The molecule has 2 heterocycles. The van der Waals surface area contributed by atoms with Gasteiger partial charge in [0.1, 0.15) is 0 Å². The van der Waals surface area contributed by atoms with Gasteiger partial charge in [0, 0.05) is 21.0 Å². The molecule has 0 aliphatic heterocycles. The maximum Gasteiger partial charge on any atom is 0.0766 e. The Morgan fingerprint density at radius 1 is 1.16 bits per heavy atom. The zero-order valence-electron chi connectivity index (χ0n) is 11.0. The van der Waals surface area contributed by atoms with Crippen molar-refractivity contribution in [2.45, 2.75) is 36.6 Å². The van der Waals surface area contributed by atoms with E-state index in [1.807, 2.05) is 34.4 Å². The monoisotopic (exact) mass is 309 g/mol. The van der Waals surface area contributed by atoms with Gasteiger partial charge in [0.2, 0.25) is 0 Å². The summed E-state index contributed by atoms with van der Waals surface area (Å²) in [5.74, 6) is 0. The van der Waals surface area contributed by atoms with Gasteiger partial charge in [0.15, 0.2) is 0 Å². The van der Waals surface area contributed by atoms with Crippen molar-refractivity contribution in [3.8, 4) is 0 Å². The van der Waals surface area contributed by atoms with Gasteiger partial charge >= 0.3 is 0 Å². The van der Waals surface area contributed by atoms with Crippen LogP contribution in [0.2, 0.25) is 0 Å². The molecule has 2 atom stereocenters. The minimum absolute atomic E-state index is 0.394. The summed E-state index contributed by atoms with van der Waals surface area (Å²) in [5, 5.41) is 9.10. The van der Waals surface area contributed by atoms with Gasteiger partial charge in [0.25, 0.3) is 0 Å². The summed E-state index contributed by atoms with van der Waals surface area (Å²) >= 11 is 5.74. The lowest BCUT2D eigenvalue weighted by Crippen LogP contribution is -2.31. The Morgan fingerprint density at radius 3 is 2.32 bits per heavy atom. The smallest absolute Gasteiger partial charge is 0.0766 e. The van der Waals surface area contributed by atoms with E-state index in [1.165, 1.54) is 29.0 Å². The molecule has 2 unspecified atom stereocenters. The van der Waals surface area contributed by atoms with E-state index in [0.717, 1.165) is 5.25 Å². The Balaban J connectivity index is 1.74. The average Bonchev–Trinajstić information content (AvgIpc) is 3.17. The summed E-state index contributed by atoms with van der Waals surface area (Å²) in [4.78, 5) is 2.88. The second-order valence-electron chi connectivity index (χ2n) is 5.00. The molecule has 2 aromatic rings. The standard InChI is InChI=1S/C15H19NS3/c1-17-12-7-6-11(10-12)16-15(13-4-2-8-18-13)14-5-3-9-19-14/h2-5,8-9,11-12,15-16H,6-7,10H2,1H3. The van der Waals surface area contributed by atoms with Crippen LogP contribution in [0.15, 0.2) is 35.0 Å². The quantitative estimate of drug-likeness (QED) is 0.853. The highest BCUT2D eigenvalue weighted by molar-refractivity contribution is 7.99. The first-order chi connectivity index (χ1) is 9.36. The summed E-state index contributed by atoms with van der Waals surface area (Å²) < 4.78 is 0. The van der Waals surface area contributed by atoms with Crippen molar-refractivity contribution in [1.82, 2.24) is 5.32 Å². The highest BCUT2D eigenvalue weighted by Gasteiger charge is 2.27. The summed E-state index contributed by atoms with van der Waals surface area (Å²) in [6.45, 7) is 0. The lowest BCUT2D eigenvalue weighted by Gasteiger charge is -2.21. The van der Waals surface area contributed by atoms with Gasteiger partial charge in [-0.2, -0.15) is 11.8 Å². The molecule has 0 spiro atoms. The van der Waals surface area contributed by atoms with E-state index in [0.29, 0.717) is 12.1 Å². The first kappa shape index (κ1) is 13.7. The third-order valence-corrected chi connectivity index (χ3v) is 6.74. The van der Waals surface area contributed by atoms with Crippen molar-refractivity contribution in [3.05, 3.63) is 44.8 Å². The molecule has 1 nitrogen and oxygen atoms in total. The maximum atomic E-state index is 3.89. The van der Waals surface area contributed by atoms with E-state index in [2.05, 4.69) is 46.6 Å². The highest BCUT2D eigenvalue weighted by Crippen LogP contribution is 2.34. The van der Waals surface area contributed by atoms with Crippen LogP contribution in [0.25, 0.3) is 0 Å². The van der Waals surface area contributed by atoms with Crippen molar-refractivity contribution in [3.63, 3.8) is 0 Å². The molecule has 1 N–H and O–H groups in total. The van der Waals surface area contributed by atoms with E-state index in [1.54, 1.807) is 0 Å². The Labute approximate surface area is 127 Å². The Hall–Kier alpha value is -0.290. The van der Waals surface area contributed by atoms with E-state index in [9.17, 15) is 0 Å². The van der Waals surface area contributed by atoms with Gasteiger partial charge in [-0.25, -0.2) is 0 Å². The zero-order valence-corrected chi connectivity index (χ0v) is 13.5. The Kier molecular flexibility index (Phi) is 4.64. The van der Waals surface area contributed by atoms with Crippen LogP contribution in [-0.2, 0) is 0 Å². The van der Waals surface area contributed by atoms with Crippen molar-refractivity contribution in [1.29, 1.82) is 0 Å². The predicted molar refractivity (Wildman–Crippen MR) is 88.6 cm³/mol. The lowest BCUT2D eigenvalue weighted by molar-refractivity contribution is 0.487. The largest absolute Gasteiger partial charge is 0.302 e. The van der Waals surface area contributed by atoms with Crippen molar-refractivity contribution in [2.24, 2.45) is 0 Å². The average molecular weight is 310 g/mol. The number of hydrogen-bond donors (Lipinski definition) is 1. The van der Waals surface area contributed by atoms with Crippen molar-refractivity contribution in [2.75, 3.05) is 6.26 Å². The number of hydrogen-bond acceptors (Lipinski definition) is 4. The van der Waals surface area contributed by atoms with E-state index in [4.69, 9.17) is 0 Å². The van der Waals surface area contributed by atoms with Crippen LogP contribution in [-0.4, -0.2) is 17.5 Å². The third-order valence-electron chi connectivity index (χ3n) is 3.78. The summed E-state index contributed by atoms with van der Waals surface area (Å²) in [5.41, 5.74) is 0. The first-order valence-corrected chi connectivity index (χ1v) is 9.77. The first-order valence-electron chi connectivity index (χ1n) is 6.72. The van der Waals surface area contributed by atoms with Gasteiger partial charge in [0.05, 0.1) is 6.04 Å². The molecule has 1 aliphatic carbocycles. The van der Waals surface area contributed by atoms with E-state index < -0.39 is 0 Å². The molecule has 0 amide bonds. The third kappa shape index (κ3) is 3.24. The van der Waals surface area contributed by atoms with Crippen LogP contribution in [0.5, 0.6) is 0 Å². The fraction of sp³-hybridized carbons (Fsp3) is 0.467. The molecule has 1 saturated carbocycles. The van der Waals surface area contributed by atoms with Crippen LogP contribution in [0.1, 0.15) is 35.1 Å². The molecule has 1 fully saturated rings. The van der Waals surface area contributed by atoms with E-state index >= 15 is 0 Å². The highest BCUT2D eigenvalue weighted by atomic mass is 32.2. The van der Waals surface area contributed by atoms with Crippen LogP contribution in [0.4, 0.5) is 0 Å². The molecule has 0 aromatic carbocycles. The van der Waals surface area contributed by atoms with Gasteiger partial charge < -0.3 is 5.32 Å². The second-order valence-corrected chi connectivity index (χ2v) is 8.09. The molecule has 4 heteroatoms. The second kappa shape index (κ2) is 6.44. The van der Waals surface area contributed by atoms with Crippen LogP contribution < -0.4 is 5.32 Å². The van der Waals surface area contributed by atoms with Crippen molar-refractivity contribution < 1.29 is 0 Å². The fourth-order valence-corrected chi connectivity index (χ4v) is 5.23. The summed E-state index contributed by atoms with van der Waals surface area (Å²) in [6, 6.07) is 9.88. The molecule has 0 saturated heterocycles. The number of thiophene rings is 2. The van der Waals surface area contributed by atoms with Gasteiger partial charge in [-0.15, -0.1) is 22.7 Å². The molecule has 0 bridgehead atoms. The van der Waals surface area contributed by atoms with Gasteiger partial charge in [-0.3, -0.25) is 0 Å². The number of nitrogens with one attached hydrogen (secondary N) is 1. The maximum absolute atomic E-state index is 3.89. The minimum Gasteiger partial charge on any atom is -0.302 e. The SMILES string of the molecule is CSC1CCC(NC(c2cccs2)c2cccs2)C1. The minimum atomic E-state index is 0.394. The molecule has 2 aromatic heterocycles. The normalized spacial score (nSPS) is 23.3.